The molecule has 1 aliphatic heterocycles. The third-order valence-corrected chi connectivity index (χ3v) is 5.77. The highest BCUT2D eigenvalue weighted by molar-refractivity contribution is 5.97. The highest BCUT2D eigenvalue weighted by atomic mass is 19.1. The quantitative estimate of drug-likeness (QED) is 0.756. The number of nitrogens with one attached hydrogen (secondary N) is 2. The van der Waals surface area contributed by atoms with Gasteiger partial charge in [0.05, 0.1) is 11.3 Å². The first-order chi connectivity index (χ1) is 14.9. The van der Waals surface area contributed by atoms with Crippen molar-refractivity contribution in [3.8, 4) is 11.4 Å². The average Bonchev–Trinajstić information content (AvgIpc) is 2.93. The van der Waals surface area contributed by atoms with E-state index < -0.39 is 29.0 Å². The summed E-state index contributed by atoms with van der Waals surface area (Å²) in [5.41, 5.74) is 0.693. The number of amides is 2. The minimum Gasteiger partial charge on any atom is -0.357 e. The van der Waals surface area contributed by atoms with Crippen LogP contribution >= 0.6 is 0 Å². The fourth-order valence-electron chi connectivity index (χ4n) is 3.96. The minimum atomic E-state index is -0.783. The van der Waals surface area contributed by atoms with E-state index in [0.717, 1.165) is 19.0 Å². The summed E-state index contributed by atoms with van der Waals surface area (Å²) in [4.78, 5) is 32.3. The molecule has 0 saturated carbocycles. The molecule has 0 saturated heterocycles. The molecule has 3 rings (SSSR count). The number of fused-ring (bicyclic) bond motifs is 1. The normalized spacial score (nSPS) is 15.6. The smallest absolute Gasteiger partial charge is 0.272 e. The Kier molecular flexibility index (Phi) is 6.69. The fraction of sp³-hybridized carbons (Fsp3) is 0.522. The van der Waals surface area contributed by atoms with Gasteiger partial charge in [-0.2, -0.15) is 0 Å². The van der Waals surface area contributed by atoms with E-state index in [1.165, 1.54) is 13.1 Å². The number of nitrogens with zero attached hydrogens (tertiary/aromatic N) is 3. The van der Waals surface area contributed by atoms with Gasteiger partial charge in [-0.3, -0.25) is 9.59 Å². The molecule has 9 heteroatoms. The summed E-state index contributed by atoms with van der Waals surface area (Å²) in [5.74, 6) is -1.89. The lowest BCUT2D eigenvalue weighted by Gasteiger charge is -2.29. The SMILES string of the molecule is CNC(=O)C(NC(=O)c1nc(-c2cc(C)c(F)cc2F)n2c1CN(C)CCC2)C(C)(C)C. The van der Waals surface area contributed by atoms with Crippen LogP contribution in [0.2, 0.25) is 0 Å². The Morgan fingerprint density at radius 3 is 2.47 bits per heavy atom. The van der Waals surface area contributed by atoms with E-state index in [2.05, 4.69) is 20.5 Å². The Labute approximate surface area is 187 Å². The standard InChI is InChI=1S/C23H31F2N5O2/c1-13-10-14(16(25)11-15(13)24)20-27-18(17-12-29(6)8-7-9-30(17)20)21(31)28-19(22(32)26-5)23(2,3)4/h10-11,19H,7-9,12H2,1-6H3,(H,26,32)(H,28,31). The maximum Gasteiger partial charge on any atom is 0.272 e. The van der Waals surface area contributed by atoms with Gasteiger partial charge in [0.2, 0.25) is 5.91 Å². The van der Waals surface area contributed by atoms with Crippen LogP contribution in [0, 0.1) is 24.0 Å². The Hall–Kier alpha value is -2.81. The molecule has 1 aromatic heterocycles. The molecule has 0 radical (unpaired) electrons. The zero-order chi connectivity index (χ0) is 23.8. The first kappa shape index (κ1) is 23.8. The van der Waals surface area contributed by atoms with Gasteiger partial charge in [-0.1, -0.05) is 20.8 Å². The number of carbonyl (C=O) groups excluding carboxylic acids is 2. The van der Waals surface area contributed by atoms with Crippen molar-refractivity contribution in [2.24, 2.45) is 5.41 Å². The van der Waals surface area contributed by atoms with Crippen LogP contribution in [-0.2, 0) is 17.9 Å². The number of hydrogen-bond donors (Lipinski definition) is 2. The van der Waals surface area contributed by atoms with Crippen LogP contribution in [0.5, 0.6) is 0 Å². The molecule has 0 fully saturated rings. The summed E-state index contributed by atoms with van der Waals surface area (Å²) in [5, 5.41) is 5.40. The van der Waals surface area contributed by atoms with Crippen molar-refractivity contribution in [2.75, 3.05) is 20.6 Å². The van der Waals surface area contributed by atoms with E-state index in [1.807, 2.05) is 32.4 Å². The summed E-state index contributed by atoms with van der Waals surface area (Å²) in [6, 6.07) is 1.48. The van der Waals surface area contributed by atoms with Crippen molar-refractivity contribution in [3.63, 3.8) is 0 Å². The molecule has 1 unspecified atom stereocenters. The lowest BCUT2D eigenvalue weighted by atomic mass is 9.86. The monoisotopic (exact) mass is 447 g/mol. The Bertz CT molecular complexity index is 1040. The summed E-state index contributed by atoms with van der Waals surface area (Å²) in [7, 11) is 3.46. The van der Waals surface area contributed by atoms with Crippen molar-refractivity contribution in [2.45, 2.75) is 53.2 Å². The van der Waals surface area contributed by atoms with Gasteiger partial charge in [0.25, 0.3) is 5.91 Å². The van der Waals surface area contributed by atoms with E-state index >= 15 is 0 Å². The number of likely N-dealkylation sites (N-methyl/N-ethyl adjacent to an activating group) is 1. The van der Waals surface area contributed by atoms with Crippen LogP contribution in [0.4, 0.5) is 8.78 Å². The number of benzene rings is 1. The van der Waals surface area contributed by atoms with Crippen LogP contribution in [0.15, 0.2) is 12.1 Å². The molecule has 2 aromatic rings. The van der Waals surface area contributed by atoms with Gasteiger partial charge in [-0.25, -0.2) is 13.8 Å². The first-order valence-electron chi connectivity index (χ1n) is 10.7. The molecule has 32 heavy (non-hydrogen) atoms. The molecule has 1 aromatic carbocycles. The first-order valence-corrected chi connectivity index (χ1v) is 10.7. The van der Waals surface area contributed by atoms with Crippen LogP contribution < -0.4 is 10.6 Å². The maximum atomic E-state index is 14.7. The van der Waals surface area contributed by atoms with Crippen LogP contribution in [0.25, 0.3) is 11.4 Å². The van der Waals surface area contributed by atoms with Crippen LogP contribution in [0.1, 0.15) is 48.9 Å². The third kappa shape index (κ3) is 4.67. The van der Waals surface area contributed by atoms with Crippen molar-refractivity contribution >= 4 is 11.8 Å². The van der Waals surface area contributed by atoms with Gasteiger partial charge in [0.15, 0.2) is 5.69 Å². The van der Waals surface area contributed by atoms with E-state index in [0.29, 0.717) is 24.3 Å². The van der Waals surface area contributed by atoms with E-state index in [9.17, 15) is 18.4 Å². The van der Waals surface area contributed by atoms with Crippen LogP contribution in [0.3, 0.4) is 0 Å². The largest absolute Gasteiger partial charge is 0.357 e. The van der Waals surface area contributed by atoms with Crippen LogP contribution in [-0.4, -0.2) is 52.9 Å². The van der Waals surface area contributed by atoms with Crippen molar-refractivity contribution in [1.29, 1.82) is 0 Å². The second-order valence-electron chi connectivity index (χ2n) is 9.44. The van der Waals surface area contributed by atoms with E-state index in [1.54, 1.807) is 6.92 Å². The van der Waals surface area contributed by atoms with Gasteiger partial charge in [-0.15, -0.1) is 0 Å². The van der Waals surface area contributed by atoms with E-state index in [4.69, 9.17) is 0 Å². The predicted molar refractivity (Wildman–Crippen MR) is 118 cm³/mol. The lowest BCUT2D eigenvalue weighted by Crippen LogP contribution is -2.53. The molecule has 2 heterocycles. The molecular formula is C23H31F2N5O2. The van der Waals surface area contributed by atoms with Gasteiger partial charge in [0, 0.05) is 26.2 Å². The second kappa shape index (κ2) is 8.97. The van der Waals surface area contributed by atoms with Gasteiger partial charge in [-0.05, 0) is 44.0 Å². The third-order valence-electron chi connectivity index (χ3n) is 5.77. The molecule has 1 atom stereocenters. The Balaban J connectivity index is 2.12. The summed E-state index contributed by atoms with van der Waals surface area (Å²) in [6.45, 7) is 8.92. The molecule has 2 N–H and O–H groups in total. The second-order valence-corrected chi connectivity index (χ2v) is 9.44. The average molecular weight is 448 g/mol. The van der Waals surface area contributed by atoms with Gasteiger partial charge >= 0.3 is 0 Å². The molecule has 0 spiro atoms. The number of hydrogen-bond acceptors (Lipinski definition) is 4. The summed E-state index contributed by atoms with van der Waals surface area (Å²) >= 11 is 0. The highest BCUT2D eigenvalue weighted by Crippen LogP contribution is 2.30. The summed E-state index contributed by atoms with van der Waals surface area (Å²) < 4.78 is 30.4. The molecule has 174 valence electrons. The molecule has 1 aliphatic rings. The Morgan fingerprint density at radius 2 is 1.84 bits per heavy atom. The Morgan fingerprint density at radius 1 is 1.16 bits per heavy atom. The minimum absolute atomic E-state index is 0.146. The maximum absolute atomic E-state index is 14.7. The van der Waals surface area contributed by atoms with Gasteiger partial charge < -0.3 is 20.1 Å². The lowest BCUT2D eigenvalue weighted by molar-refractivity contribution is -0.124. The predicted octanol–water partition coefficient (Wildman–Crippen LogP) is 2.86. The molecular weight excluding hydrogens is 416 g/mol. The topological polar surface area (TPSA) is 79.3 Å². The molecule has 0 bridgehead atoms. The number of imidazole rings is 1. The highest BCUT2D eigenvalue weighted by Gasteiger charge is 2.35. The number of aryl methyl sites for hydroxylation is 1. The van der Waals surface area contributed by atoms with Crippen molar-refractivity contribution in [3.05, 3.63) is 40.7 Å². The molecule has 2 amide bonds. The van der Waals surface area contributed by atoms with E-state index in [-0.39, 0.29) is 23.0 Å². The molecule has 0 aliphatic carbocycles. The zero-order valence-electron chi connectivity index (χ0n) is 19.5. The number of aromatic nitrogens is 2. The fourth-order valence-corrected chi connectivity index (χ4v) is 3.96. The summed E-state index contributed by atoms with van der Waals surface area (Å²) in [6.07, 6.45) is 0.790. The van der Waals surface area contributed by atoms with Crippen molar-refractivity contribution in [1.82, 2.24) is 25.1 Å². The zero-order valence-corrected chi connectivity index (χ0v) is 19.5. The molecule has 7 nitrogen and oxygen atoms in total. The van der Waals surface area contributed by atoms with Crippen molar-refractivity contribution < 1.29 is 18.4 Å². The number of rotatable bonds is 4. The number of halogens is 2. The number of carbonyl (C=O) groups is 2. The van der Waals surface area contributed by atoms with Gasteiger partial charge in [0.1, 0.15) is 23.5 Å².